The summed E-state index contributed by atoms with van der Waals surface area (Å²) in [5.74, 6) is 0.253. The van der Waals surface area contributed by atoms with Gasteiger partial charge in [-0.25, -0.2) is 0 Å². The average molecular weight is 343 g/mol. The second kappa shape index (κ2) is 8.44. The first-order valence-electron chi connectivity index (χ1n) is 7.55. The van der Waals surface area contributed by atoms with E-state index in [0.29, 0.717) is 18.2 Å². The van der Waals surface area contributed by atoms with E-state index in [-0.39, 0.29) is 11.7 Å². The molecule has 1 aromatic carbocycles. The van der Waals surface area contributed by atoms with E-state index in [1.807, 2.05) is 32.0 Å². The minimum atomic E-state index is -0.00434. The van der Waals surface area contributed by atoms with Crippen LogP contribution in [0.15, 0.2) is 48.7 Å². The number of hydrogen-bond donors (Lipinski definition) is 0. The summed E-state index contributed by atoms with van der Waals surface area (Å²) in [7, 11) is 0. The molecule has 126 valence electrons. The highest BCUT2D eigenvalue weighted by molar-refractivity contribution is 7.99. The van der Waals surface area contributed by atoms with Gasteiger partial charge in [-0.05, 0) is 41.5 Å². The maximum absolute atomic E-state index is 12.3. The van der Waals surface area contributed by atoms with Gasteiger partial charge in [0.15, 0.2) is 0 Å². The number of thioether (sulfide) groups is 1. The highest BCUT2D eigenvalue weighted by atomic mass is 32.2. The number of amides is 1. The number of aryl methyl sites for hydroxylation is 1. The molecule has 0 atom stereocenters. The number of tetrazole rings is 1. The van der Waals surface area contributed by atoms with Crippen LogP contribution in [0, 0.1) is 13.8 Å². The highest BCUT2D eigenvalue weighted by Gasteiger charge is 2.16. The minimum Gasteiger partial charge on any atom is -0.335 e. The first-order chi connectivity index (χ1) is 11.6. The molecule has 0 aliphatic carbocycles. The van der Waals surface area contributed by atoms with Crippen molar-refractivity contribution >= 4 is 17.7 Å². The number of rotatable bonds is 8. The van der Waals surface area contributed by atoms with Gasteiger partial charge >= 0.3 is 0 Å². The Morgan fingerprint density at radius 1 is 1.29 bits per heavy atom. The Hall–Kier alpha value is -2.41. The molecule has 1 amide bonds. The number of hydrogen-bond acceptors (Lipinski definition) is 5. The smallest absolute Gasteiger partial charge is 0.233 e. The normalized spacial score (nSPS) is 10.4. The van der Waals surface area contributed by atoms with Crippen LogP contribution in [0.2, 0.25) is 0 Å². The lowest BCUT2D eigenvalue weighted by Crippen LogP contribution is -2.32. The summed E-state index contributed by atoms with van der Waals surface area (Å²) in [6.45, 7) is 12.4. The second-order valence-electron chi connectivity index (χ2n) is 5.26. The molecule has 1 aromatic heterocycles. The van der Waals surface area contributed by atoms with Crippen molar-refractivity contribution in [3.63, 3.8) is 0 Å². The third-order valence-corrected chi connectivity index (χ3v) is 4.53. The maximum Gasteiger partial charge on any atom is 0.233 e. The van der Waals surface area contributed by atoms with Gasteiger partial charge in [0, 0.05) is 13.1 Å². The number of carbonyl (C=O) groups excluding carboxylic acids is 1. The Balaban J connectivity index is 2.14. The molecule has 0 fully saturated rings. The summed E-state index contributed by atoms with van der Waals surface area (Å²) in [5.41, 5.74) is 3.19. The van der Waals surface area contributed by atoms with Gasteiger partial charge in [-0.1, -0.05) is 36.0 Å². The Labute approximate surface area is 146 Å². The van der Waals surface area contributed by atoms with Crippen molar-refractivity contribution < 1.29 is 4.79 Å². The Morgan fingerprint density at radius 3 is 2.67 bits per heavy atom. The van der Waals surface area contributed by atoms with E-state index >= 15 is 0 Å². The van der Waals surface area contributed by atoms with Crippen molar-refractivity contribution in [2.45, 2.75) is 19.0 Å². The molecule has 0 unspecified atom stereocenters. The Bertz CT molecular complexity index is 730. The van der Waals surface area contributed by atoms with Crippen molar-refractivity contribution in [3.05, 3.63) is 54.6 Å². The summed E-state index contributed by atoms with van der Waals surface area (Å²) >= 11 is 1.32. The molecule has 0 saturated carbocycles. The van der Waals surface area contributed by atoms with Crippen molar-refractivity contribution in [3.8, 4) is 5.69 Å². The zero-order chi connectivity index (χ0) is 17.5. The van der Waals surface area contributed by atoms with Gasteiger partial charge in [-0.3, -0.25) is 4.79 Å². The summed E-state index contributed by atoms with van der Waals surface area (Å²) in [4.78, 5) is 14.0. The lowest BCUT2D eigenvalue weighted by molar-refractivity contribution is -0.127. The zero-order valence-corrected chi connectivity index (χ0v) is 14.8. The number of aromatic nitrogens is 4. The summed E-state index contributed by atoms with van der Waals surface area (Å²) < 4.78 is 1.67. The lowest BCUT2D eigenvalue weighted by Gasteiger charge is -2.18. The molecule has 0 radical (unpaired) electrons. The topological polar surface area (TPSA) is 63.9 Å². The molecule has 2 rings (SSSR count). The van der Waals surface area contributed by atoms with Crippen LogP contribution in [-0.2, 0) is 4.79 Å². The van der Waals surface area contributed by atoms with Crippen LogP contribution in [0.1, 0.15) is 11.1 Å². The van der Waals surface area contributed by atoms with Crippen LogP contribution >= 0.6 is 11.8 Å². The van der Waals surface area contributed by atoms with Gasteiger partial charge in [-0.15, -0.1) is 18.3 Å². The molecule has 6 nitrogen and oxygen atoms in total. The first-order valence-corrected chi connectivity index (χ1v) is 8.54. The van der Waals surface area contributed by atoms with Crippen LogP contribution < -0.4 is 0 Å². The number of nitrogens with zero attached hydrogens (tertiary/aromatic N) is 5. The fraction of sp³-hybridized carbons (Fsp3) is 0.294. The SMILES string of the molecule is C=CCN(CC=C)C(=O)CSc1nnnn1-c1cccc(C)c1C. The summed E-state index contributed by atoms with van der Waals surface area (Å²) in [6.07, 6.45) is 3.40. The molecule has 2 aromatic rings. The molecule has 0 aliphatic rings. The van der Waals surface area contributed by atoms with E-state index in [2.05, 4.69) is 28.7 Å². The summed E-state index contributed by atoms with van der Waals surface area (Å²) in [5, 5.41) is 12.4. The third kappa shape index (κ3) is 4.11. The van der Waals surface area contributed by atoms with Gasteiger partial charge in [-0.2, -0.15) is 4.68 Å². The van der Waals surface area contributed by atoms with Gasteiger partial charge in [0.25, 0.3) is 0 Å². The van der Waals surface area contributed by atoms with Crippen molar-refractivity contribution in [1.29, 1.82) is 0 Å². The van der Waals surface area contributed by atoms with Gasteiger partial charge in [0.05, 0.1) is 11.4 Å². The number of benzene rings is 1. The van der Waals surface area contributed by atoms with E-state index in [4.69, 9.17) is 0 Å². The van der Waals surface area contributed by atoms with Crippen LogP contribution in [0.3, 0.4) is 0 Å². The van der Waals surface area contributed by atoms with Crippen LogP contribution in [-0.4, -0.2) is 49.9 Å². The van der Waals surface area contributed by atoms with Crippen LogP contribution in [0.4, 0.5) is 0 Å². The first kappa shape index (κ1) is 17.9. The molecule has 24 heavy (non-hydrogen) atoms. The fourth-order valence-electron chi connectivity index (χ4n) is 2.19. The molecule has 0 saturated heterocycles. The second-order valence-corrected chi connectivity index (χ2v) is 6.20. The van der Waals surface area contributed by atoms with Crippen molar-refractivity contribution in [1.82, 2.24) is 25.1 Å². The van der Waals surface area contributed by atoms with Crippen molar-refractivity contribution in [2.75, 3.05) is 18.8 Å². The molecular weight excluding hydrogens is 322 g/mol. The minimum absolute atomic E-state index is 0.00434. The van der Waals surface area contributed by atoms with E-state index in [0.717, 1.165) is 16.8 Å². The largest absolute Gasteiger partial charge is 0.335 e. The van der Waals surface area contributed by atoms with Crippen LogP contribution in [0.5, 0.6) is 0 Å². The lowest BCUT2D eigenvalue weighted by atomic mass is 10.1. The van der Waals surface area contributed by atoms with E-state index in [9.17, 15) is 4.79 Å². The Morgan fingerprint density at radius 2 is 2.00 bits per heavy atom. The standard InChI is InChI=1S/C17H21N5OS/c1-5-10-21(11-6-2)16(23)12-24-17-18-19-20-22(17)15-9-7-8-13(3)14(15)4/h5-9H,1-2,10-12H2,3-4H3. The molecule has 7 heteroatoms. The monoisotopic (exact) mass is 343 g/mol. The molecule has 1 heterocycles. The van der Waals surface area contributed by atoms with Crippen LogP contribution in [0.25, 0.3) is 5.69 Å². The molecule has 0 bridgehead atoms. The molecule has 0 spiro atoms. The molecular formula is C17H21N5OS. The zero-order valence-electron chi connectivity index (χ0n) is 14.0. The predicted molar refractivity (Wildman–Crippen MR) is 96.3 cm³/mol. The quantitative estimate of drug-likeness (QED) is 0.544. The molecule has 0 N–H and O–H groups in total. The Kier molecular flexibility index (Phi) is 6.31. The highest BCUT2D eigenvalue weighted by Crippen LogP contribution is 2.22. The van der Waals surface area contributed by atoms with Crippen molar-refractivity contribution in [2.24, 2.45) is 0 Å². The van der Waals surface area contributed by atoms with Gasteiger partial charge < -0.3 is 4.90 Å². The third-order valence-electron chi connectivity index (χ3n) is 3.62. The predicted octanol–water partition coefficient (Wildman–Crippen LogP) is 2.57. The average Bonchev–Trinajstić information content (AvgIpc) is 3.03. The fourth-order valence-corrected chi connectivity index (χ4v) is 2.98. The molecule has 0 aliphatic heterocycles. The van der Waals surface area contributed by atoms with E-state index in [1.165, 1.54) is 11.8 Å². The number of carbonyl (C=O) groups is 1. The maximum atomic E-state index is 12.3. The van der Waals surface area contributed by atoms with Gasteiger partial charge in [0.2, 0.25) is 11.1 Å². The van der Waals surface area contributed by atoms with E-state index in [1.54, 1.807) is 21.7 Å². The van der Waals surface area contributed by atoms with Gasteiger partial charge in [0.1, 0.15) is 0 Å². The van der Waals surface area contributed by atoms with E-state index < -0.39 is 0 Å². The summed E-state index contributed by atoms with van der Waals surface area (Å²) in [6, 6.07) is 5.98.